The number of carboxylic acids is 1. The van der Waals surface area contributed by atoms with Crippen LogP contribution in [0.15, 0.2) is 28.7 Å². The van der Waals surface area contributed by atoms with Gasteiger partial charge in [0.2, 0.25) is 0 Å². The smallest absolute Gasteiger partial charge is 0.410 e. The predicted molar refractivity (Wildman–Crippen MR) is 87.8 cm³/mol. The number of carboxylic acid groups (broad SMARTS) is 1. The number of rotatable bonds is 5. The van der Waals surface area contributed by atoms with Gasteiger partial charge in [-0.05, 0) is 44.9 Å². The molecule has 1 amide bonds. The van der Waals surface area contributed by atoms with Crippen molar-refractivity contribution >= 4 is 28.0 Å². The number of aliphatic carboxylic acids is 1. The average Bonchev–Trinajstić information content (AvgIpc) is 2.35. The summed E-state index contributed by atoms with van der Waals surface area (Å²) in [6, 6.07) is 7.49. The SMILES string of the molecule is CN(C[C@H](Cc1cccc(Br)c1)C(=O)O)C(=O)OC(C)(C)C. The summed E-state index contributed by atoms with van der Waals surface area (Å²) >= 11 is 3.36. The Morgan fingerprint density at radius 1 is 1.36 bits per heavy atom. The quantitative estimate of drug-likeness (QED) is 0.858. The molecular weight excluding hydrogens is 350 g/mol. The van der Waals surface area contributed by atoms with Gasteiger partial charge in [0, 0.05) is 18.1 Å². The van der Waals surface area contributed by atoms with Gasteiger partial charge in [0.1, 0.15) is 5.60 Å². The lowest BCUT2D eigenvalue weighted by molar-refractivity contribution is -0.142. The Bertz CT molecular complexity index is 539. The van der Waals surface area contributed by atoms with Gasteiger partial charge in [0.05, 0.1) is 5.92 Å². The van der Waals surface area contributed by atoms with Crippen LogP contribution in [0.5, 0.6) is 0 Å². The third-order valence-corrected chi connectivity index (χ3v) is 3.41. The van der Waals surface area contributed by atoms with Gasteiger partial charge < -0.3 is 14.7 Å². The van der Waals surface area contributed by atoms with Crippen molar-refractivity contribution in [1.29, 1.82) is 0 Å². The number of hydrogen-bond donors (Lipinski definition) is 1. The average molecular weight is 372 g/mol. The van der Waals surface area contributed by atoms with Crippen LogP contribution in [0.2, 0.25) is 0 Å². The number of hydrogen-bond acceptors (Lipinski definition) is 3. The molecule has 0 saturated carbocycles. The summed E-state index contributed by atoms with van der Waals surface area (Å²) in [5.41, 5.74) is 0.299. The molecule has 22 heavy (non-hydrogen) atoms. The number of halogens is 1. The molecule has 0 saturated heterocycles. The molecule has 6 heteroatoms. The molecule has 1 N–H and O–H groups in total. The zero-order valence-electron chi connectivity index (χ0n) is 13.3. The van der Waals surface area contributed by atoms with Gasteiger partial charge in [-0.3, -0.25) is 4.79 Å². The predicted octanol–water partition coefficient (Wildman–Crippen LogP) is 3.56. The molecular formula is C16H22BrNO4. The molecule has 0 radical (unpaired) electrons. The monoisotopic (exact) mass is 371 g/mol. The van der Waals surface area contributed by atoms with E-state index < -0.39 is 23.6 Å². The lowest BCUT2D eigenvalue weighted by Gasteiger charge is -2.26. The normalized spacial score (nSPS) is 12.6. The number of ether oxygens (including phenoxy) is 1. The zero-order valence-corrected chi connectivity index (χ0v) is 14.9. The molecule has 0 aliphatic carbocycles. The van der Waals surface area contributed by atoms with Gasteiger partial charge in [-0.1, -0.05) is 28.1 Å². The maximum absolute atomic E-state index is 11.9. The summed E-state index contributed by atoms with van der Waals surface area (Å²) in [6.07, 6.45) is -0.171. The van der Waals surface area contributed by atoms with Gasteiger partial charge in [-0.2, -0.15) is 0 Å². The molecule has 1 rings (SSSR count). The van der Waals surface area contributed by atoms with E-state index in [9.17, 15) is 14.7 Å². The van der Waals surface area contributed by atoms with E-state index >= 15 is 0 Å². The lowest BCUT2D eigenvalue weighted by Crippen LogP contribution is -2.39. The molecule has 0 spiro atoms. The van der Waals surface area contributed by atoms with E-state index in [1.807, 2.05) is 24.3 Å². The van der Waals surface area contributed by atoms with Crippen molar-refractivity contribution in [1.82, 2.24) is 4.90 Å². The summed E-state index contributed by atoms with van der Waals surface area (Å²) in [5, 5.41) is 9.38. The second-order valence-corrected chi connectivity index (χ2v) is 7.15. The highest BCUT2D eigenvalue weighted by Gasteiger charge is 2.25. The van der Waals surface area contributed by atoms with Gasteiger partial charge in [-0.15, -0.1) is 0 Å². The van der Waals surface area contributed by atoms with Crippen molar-refractivity contribution in [2.24, 2.45) is 5.92 Å². The van der Waals surface area contributed by atoms with E-state index in [0.717, 1.165) is 10.0 Å². The Hall–Kier alpha value is -1.56. The fourth-order valence-electron chi connectivity index (χ4n) is 1.92. The molecule has 0 aliphatic rings. The third kappa shape index (κ3) is 6.47. The van der Waals surface area contributed by atoms with Crippen molar-refractivity contribution in [3.05, 3.63) is 34.3 Å². The van der Waals surface area contributed by atoms with Crippen LogP contribution >= 0.6 is 15.9 Å². The van der Waals surface area contributed by atoms with Crippen molar-refractivity contribution < 1.29 is 19.4 Å². The second-order valence-electron chi connectivity index (χ2n) is 6.23. The molecule has 0 aliphatic heterocycles. The van der Waals surface area contributed by atoms with E-state index in [0.29, 0.717) is 6.42 Å². The Kier molecular flexibility index (Phi) is 6.41. The highest BCUT2D eigenvalue weighted by atomic mass is 79.9. The Balaban J connectivity index is 2.72. The van der Waals surface area contributed by atoms with E-state index in [1.165, 1.54) is 4.90 Å². The minimum absolute atomic E-state index is 0.0940. The van der Waals surface area contributed by atoms with Crippen molar-refractivity contribution in [3.63, 3.8) is 0 Å². The summed E-state index contributed by atoms with van der Waals surface area (Å²) in [5.74, 6) is -1.62. The first kappa shape index (κ1) is 18.5. The minimum atomic E-state index is -0.935. The van der Waals surface area contributed by atoms with Crippen LogP contribution in [0, 0.1) is 5.92 Å². The topological polar surface area (TPSA) is 66.8 Å². The van der Waals surface area contributed by atoms with Crippen LogP contribution < -0.4 is 0 Å². The highest BCUT2D eigenvalue weighted by molar-refractivity contribution is 9.10. The molecule has 5 nitrogen and oxygen atoms in total. The first-order valence-corrected chi connectivity index (χ1v) is 7.79. The molecule has 0 bridgehead atoms. The number of nitrogens with zero attached hydrogens (tertiary/aromatic N) is 1. The second kappa shape index (κ2) is 7.63. The molecule has 0 fully saturated rings. The largest absolute Gasteiger partial charge is 0.481 e. The molecule has 122 valence electrons. The van der Waals surface area contributed by atoms with Crippen LogP contribution in [-0.4, -0.2) is 41.3 Å². The van der Waals surface area contributed by atoms with Crippen molar-refractivity contribution in [2.45, 2.75) is 32.8 Å². The Morgan fingerprint density at radius 2 is 2.00 bits per heavy atom. The summed E-state index contributed by atoms with van der Waals surface area (Å²) in [6.45, 7) is 5.41. The maximum Gasteiger partial charge on any atom is 0.410 e. The van der Waals surface area contributed by atoms with Crippen LogP contribution in [-0.2, 0) is 16.0 Å². The van der Waals surface area contributed by atoms with Gasteiger partial charge >= 0.3 is 12.1 Å². The van der Waals surface area contributed by atoms with Crippen molar-refractivity contribution in [3.8, 4) is 0 Å². The number of amides is 1. The molecule has 1 aromatic carbocycles. The number of carbonyl (C=O) groups is 2. The minimum Gasteiger partial charge on any atom is -0.481 e. The Labute approximate surface area is 139 Å². The molecule has 0 unspecified atom stereocenters. The van der Waals surface area contributed by atoms with Gasteiger partial charge in [0.15, 0.2) is 0 Å². The zero-order chi connectivity index (χ0) is 16.9. The fraction of sp³-hybridized carbons (Fsp3) is 0.500. The van der Waals surface area contributed by atoms with Gasteiger partial charge in [0.25, 0.3) is 0 Å². The maximum atomic E-state index is 11.9. The Morgan fingerprint density at radius 3 is 2.50 bits per heavy atom. The molecule has 0 heterocycles. The number of carbonyl (C=O) groups excluding carboxylic acids is 1. The van der Waals surface area contributed by atoms with Crippen LogP contribution in [0.1, 0.15) is 26.3 Å². The fourth-order valence-corrected chi connectivity index (χ4v) is 2.37. The summed E-state index contributed by atoms with van der Waals surface area (Å²) in [7, 11) is 1.55. The van der Waals surface area contributed by atoms with Crippen LogP contribution in [0.4, 0.5) is 4.79 Å². The standard InChI is InChI=1S/C16H22BrNO4/c1-16(2,3)22-15(21)18(4)10-12(14(19)20)8-11-6-5-7-13(17)9-11/h5-7,9,12H,8,10H2,1-4H3,(H,19,20)/t12-/m0/s1. The molecule has 0 aromatic heterocycles. The van der Waals surface area contributed by atoms with Crippen LogP contribution in [0.25, 0.3) is 0 Å². The highest BCUT2D eigenvalue weighted by Crippen LogP contribution is 2.17. The third-order valence-electron chi connectivity index (χ3n) is 2.92. The van der Waals surface area contributed by atoms with Gasteiger partial charge in [-0.25, -0.2) is 4.79 Å². The molecule has 1 aromatic rings. The van der Waals surface area contributed by atoms with Crippen molar-refractivity contribution in [2.75, 3.05) is 13.6 Å². The van der Waals surface area contributed by atoms with E-state index in [4.69, 9.17) is 4.74 Å². The van der Waals surface area contributed by atoms with E-state index in [1.54, 1.807) is 27.8 Å². The number of benzene rings is 1. The molecule has 1 atom stereocenters. The summed E-state index contributed by atoms with van der Waals surface area (Å²) < 4.78 is 6.13. The lowest BCUT2D eigenvalue weighted by atomic mass is 9.99. The first-order chi connectivity index (χ1) is 10.1. The van der Waals surface area contributed by atoms with E-state index in [-0.39, 0.29) is 6.54 Å². The van der Waals surface area contributed by atoms with Crippen LogP contribution in [0.3, 0.4) is 0 Å². The first-order valence-electron chi connectivity index (χ1n) is 7.00. The van der Waals surface area contributed by atoms with E-state index in [2.05, 4.69) is 15.9 Å². The summed E-state index contributed by atoms with van der Waals surface area (Å²) in [4.78, 5) is 24.7.